The van der Waals surface area contributed by atoms with Gasteiger partial charge in [0.05, 0.1) is 0 Å². The van der Waals surface area contributed by atoms with E-state index in [0.717, 1.165) is 0 Å². The van der Waals surface area contributed by atoms with Crippen LogP contribution in [-0.2, 0) is 16.5 Å². The van der Waals surface area contributed by atoms with Crippen molar-refractivity contribution >= 4 is 6.09 Å². The van der Waals surface area contributed by atoms with Crippen molar-refractivity contribution < 1.29 is 26.4 Å². The minimum Gasteiger partial charge on any atom is -0.465 e. The number of nitrogens with two attached hydrogens (primary N) is 1. The van der Waals surface area contributed by atoms with Crippen molar-refractivity contribution in [2.45, 2.75) is 0 Å². The van der Waals surface area contributed by atoms with E-state index in [1.807, 2.05) is 0 Å². The molecule has 4 nitrogen and oxygen atoms in total. The molecule has 1 amide bonds. The van der Waals surface area contributed by atoms with Gasteiger partial charge in [-0.15, -0.1) is 0 Å². The Labute approximate surface area is 57.4 Å². The average Bonchev–Trinajstić information content (AvgIpc) is 1.61. The summed E-state index contributed by atoms with van der Waals surface area (Å²) in [5, 5.41) is 9.96. The number of rotatable bonds is 2. The molecule has 0 heterocycles. The van der Waals surface area contributed by atoms with Crippen LogP contribution in [0, 0.1) is 0 Å². The molecule has 0 saturated heterocycles. The molecular formula is C3H8N2NiO2. The summed E-state index contributed by atoms with van der Waals surface area (Å²) in [6, 6.07) is 0. The van der Waals surface area contributed by atoms with Gasteiger partial charge in [-0.2, -0.15) is 0 Å². The van der Waals surface area contributed by atoms with Gasteiger partial charge in [0.2, 0.25) is 0 Å². The van der Waals surface area contributed by atoms with Crippen molar-refractivity contribution in [3.63, 3.8) is 0 Å². The molecule has 0 atom stereocenters. The zero-order valence-corrected chi connectivity index (χ0v) is 5.15. The molecular weight excluding hydrogens is 155 g/mol. The predicted molar refractivity (Wildman–Crippen MR) is 25.1 cm³/mol. The second-order valence-electron chi connectivity index (χ2n) is 1.02. The molecule has 0 spiro atoms. The van der Waals surface area contributed by atoms with Gasteiger partial charge in [-0.05, 0) is 0 Å². The number of hydrogen-bond acceptors (Lipinski definition) is 2. The fraction of sp³-hybridized carbons (Fsp3) is 0.667. The van der Waals surface area contributed by atoms with Crippen LogP contribution in [0.25, 0.3) is 0 Å². The van der Waals surface area contributed by atoms with E-state index in [1.165, 1.54) is 0 Å². The van der Waals surface area contributed by atoms with Crippen molar-refractivity contribution in [3.8, 4) is 0 Å². The SMILES string of the molecule is NCCNC(=O)O.[Ni]. The number of carbonyl (C=O) groups is 1. The molecule has 0 radical (unpaired) electrons. The average molecular weight is 163 g/mol. The fourth-order valence-electron chi connectivity index (χ4n) is 0.179. The maximum Gasteiger partial charge on any atom is 0.404 e. The van der Waals surface area contributed by atoms with Gasteiger partial charge in [0, 0.05) is 29.6 Å². The summed E-state index contributed by atoms with van der Waals surface area (Å²) in [6.45, 7) is 0.682. The molecule has 0 unspecified atom stereocenters. The van der Waals surface area contributed by atoms with E-state index in [9.17, 15) is 4.79 Å². The van der Waals surface area contributed by atoms with E-state index < -0.39 is 6.09 Å². The maximum absolute atomic E-state index is 9.59. The number of hydrogen-bond donors (Lipinski definition) is 3. The third-order valence-electron chi connectivity index (χ3n) is 0.421. The van der Waals surface area contributed by atoms with E-state index in [4.69, 9.17) is 10.8 Å². The molecule has 0 bridgehead atoms. The maximum atomic E-state index is 9.59. The summed E-state index contributed by atoms with van der Waals surface area (Å²) in [6.07, 6.45) is -1.02. The van der Waals surface area contributed by atoms with Gasteiger partial charge in [-0.25, -0.2) is 4.79 Å². The van der Waals surface area contributed by atoms with Crippen molar-refractivity contribution in [2.75, 3.05) is 13.1 Å². The van der Waals surface area contributed by atoms with E-state index >= 15 is 0 Å². The Morgan fingerprint density at radius 2 is 2.25 bits per heavy atom. The van der Waals surface area contributed by atoms with Gasteiger partial charge in [0.25, 0.3) is 0 Å². The molecule has 0 aliphatic rings. The van der Waals surface area contributed by atoms with Gasteiger partial charge < -0.3 is 16.2 Å². The third kappa shape index (κ3) is 9.21. The van der Waals surface area contributed by atoms with E-state index in [2.05, 4.69) is 5.32 Å². The topological polar surface area (TPSA) is 75.3 Å². The number of amides is 1. The van der Waals surface area contributed by atoms with Crippen LogP contribution in [0.15, 0.2) is 0 Å². The molecule has 0 aliphatic heterocycles. The Kier molecular flexibility index (Phi) is 8.96. The van der Waals surface area contributed by atoms with E-state index in [-0.39, 0.29) is 16.5 Å². The van der Waals surface area contributed by atoms with Crippen molar-refractivity contribution in [1.82, 2.24) is 5.32 Å². The quantitative estimate of drug-likeness (QED) is 0.466. The number of carboxylic acid groups (broad SMARTS) is 1. The molecule has 0 aromatic rings. The summed E-state index contributed by atoms with van der Waals surface area (Å²) in [4.78, 5) is 9.59. The second-order valence-corrected chi connectivity index (χ2v) is 1.02. The van der Waals surface area contributed by atoms with Gasteiger partial charge in [-0.1, -0.05) is 0 Å². The smallest absolute Gasteiger partial charge is 0.404 e. The molecule has 4 N–H and O–H groups in total. The van der Waals surface area contributed by atoms with Crippen LogP contribution in [0.5, 0.6) is 0 Å². The van der Waals surface area contributed by atoms with Crippen molar-refractivity contribution in [3.05, 3.63) is 0 Å². The van der Waals surface area contributed by atoms with Crippen LogP contribution >= 0.6 is 0 Å². The minimum absolute atomic E-state index is 0. The Balaban J connectivity index is 0. The third-order valence-corrected chi connectivity index (χ3v) is 0.421. The first-order valence-corrected chi connectivity index (χ1v) is 1.94. The first-order chi connectivity index (χ1) is 3.27. The Morgan fingerprint density at radius 3 is 2.38 bits per heavy atom. The van der Waals surface area contributed by atoms with Gasteiger partial charge in [0.15, 0.2) is 0 Å². The normalized spacial score (nSPS) is 7.12. The first-order valence-electron chi connectivity index (χ1n) is 1.94. The van der Waals surface area contributed by atoms with Gasteiger partial charge >= 0.3 is 6.09 Å². The molecule has 0 aromatic heterocycles. The molecule has 0 aromatic carbocycles. The molecule has 8 heavy (non-hydrogen) atoms. The van der Waals surface area contributed by atoms with Crippen LogP contribution in [0.1, 0.15) is 0 Å². The van der Waals surface area contributed by atoms with E-state index in [1.54, 1.807) is 0 Å². The van der Waals surface area contributed by atoms with Crippen LogP contribution in [-0.4, -0.2) is 24.3 Å². The predicted octanol–water partition coefficient (Wildman–Crippen LogP) is -0.790. The van der Waals surface area contributed by atoms with Crippen molar-refractivity contribution in [1.29, 1.82) is 0 Å². The molecule has 0 rings (SSSR count). The van der Waals surface area contributed by atoms with Crippen LogP contribution in [0.4, 0.5) is 4.79 Å². The Morgan fingerprint density at radius 1 is 1.75 bits per heavy atom. The summed E-state index contributed by atoms with van der Waals surface area (Å²) in [5.41, 5.74) is 4.95. The standard InChI is InChI=1S/C3H8N2O2.Ni/c4-1-2-5-3(6)7;/h5H,1-2,4H2,(H,6,7);. The molecule has 0 aliphatic carbocycles. The monoisotopic (exact) mass is 162 g/mol. The Hall–Kier alpha value is -0.276. The van der Waals surface area contributed by atoms with Crippen LogP contribution in [0.2, 0.25) is 0 Å². The van der Waals surface area contributed by atoms with E-state index in [0.29, 0.717) is 13.1 Å². The summed E-state index contributed by atoms with van der Waals surface area (Å²) >= 11 is 0. The molecule has 52 valence electrons. The largest absolute Gasteiger partial charge is 0.465 e. The molecule has 0 fully saturated rings. The van der Waals surface area contributed by atoms with Gasteiger partial charge in [0.1, 0.15) is 0 Å². The molecule has 0 saturated carbocycles. The zero-order chi connectivity index (χ0) is 5.70. The second kappa shape index (κ2) is 6.72. The van der Waals surface area contributed by atoms with Crippen LogP contribution < -0.4 is 11.1 Å². The Bertz CT molecular complexity index is 68.3. The first kappa shape index (κ1) is 10.7. The minimum atomic E-state index is -1.02. The zero-order valence-electron chi connectivity index (χ0n) is 4.16. The summed E-state index contributed by atoms with van der Waals surface area (Å²) in [5.74, 6) is 0. The summed E-state index contributed by atoms with van der Waals surface area (Å²) in [7, 11) is 0. The van der Waals surface area contributed by atoms with Gasteiger partial charge in [-0.3, -0.25) is 0 Å². The van der Waals surface area contributed by atoms with Crippen molar-refractivity contribution in [2.24, 2.45) is 5.73 Å². The van der Waals surface area contributed by atoms with Crippen LogP contribution in [0.3, 0.4) is 0 Å². The molecule has 5 heteroatoms. The number of nitrogens with one attached hydrogen (secondary N) is 1. The summed E-state index contributed by atoms with van der Waals surface area (Å²) < 4.78 is 0. The fourth-order valence-corrected chi connectivity index (χ4v) is 0.179.